The third kappa shape index (κ3) is 2.48. The Morgan fingerprint density at radius 2 is 1.62 bits per heavy atom. The van der Waals surface area contributed by atoms with Crippen LogP contribution in [-0.2, 0) is 0 Å². The molecule has 1 aliphatic carbocycles. The Morgan fingerprint density at radius 1 is 1.00 bits per heavy atom. The molecule has 16 heavy (non-hydrogen) atoms. The molecule has 1 saturated carbocycles. The van der Waals surface area contributed by atoms with E-state index in [4.69, 9.17) is 11.5 Å². The summed E-state index contributed by atoms with van der Waals surface area (Å²) >= 11 is 0. The number of nitrogens with zero attached hydrogens (tertiary/aromatic N) is 2. The molecule has 0 bridgehead atoms. The monoisotopic (exact) mass is 224 g/mol. The van der Waals surface area contributed by atoms with Crippen LogP contribution in [0.5, 0.6) is 0 Å². The molecular weight excluding hydrogens is 200 g/mol. The van der Waals surface area contributed by atoms with Crippen LogP contribution in [0.15, 0.2) is 4.99 Å². The number of nitrogens with two attached hydrogens (primary N) is 2. The summed E-state index contributed by atoms with van der Waals surface area (Å²) in [4.78, 5) is 6.93. The Kier molecular flexibility index (Phi) is 3.69. The number of rotatable bonds is 3. The number of aliphatic imine (C=N–C) groups is 1. The summed E-state index contributed by atoms with van der Waals surface area (Å²) in [6, 6.07) is 0. The van der Waals surface area contributed by atoms with E-state index in [1.807, 2.05) is 0 Å². The standard InChI is InChI=1S/C12H24N4/c13-11(14)15-10-12(6-2-1-3-7-12)16-8-4-5-9-16/h1-10H2,(H4,13,14,15). The second kappa shape index (κ2) is 5.04. The largest absolute Gasteiger partial charge is 0.370 e. The number of likely N-dealkylation sites (tertiary alicyclic amines) is 1. The van der Waals surface area contributed by atoms with Crippen LogP contribution in [0.4, 0.5) is 0 Å². The molecule has 0 spiro atoms. The quantitative estimate of drug-likeness (QED) is 0.556. The predicted octanol–water partition coefficient (Wildman–Crippen LogP) is 1.06. The molecule has 2 rings (SSSR count). The van der Waals surface area contributed by atoms with Gasteiger partial charge in [-0.25, -0.2) is 0 Å². The maximum atomic E-state index is 5.48. The van der Waals surface area contributed by atoms with Gasteiger partial charge in [0.1, 0.15) is 0 Å². The lowest BCUT2D eigenvalue weighted by Crippen LogP contribution is -2.51. The van der Waals surface area contributed by atoms with E-state index in [9.17, 15) is 0 Å². The summed E-state index contributed by atoms with van der Waals surface area (Å²) in [5.41, 5.74) is 11.2. The Bertz CT molecular complexity index is 246. The molecule has 4 nitrogen and oxygen atoms in total. The molecule has 0 atom stereocenters. The maximum Gasteiger partial charge on any atom is 0.185 e. The second-order valence-electron chi connectivity index (χ2n) is 5.22. The normalized spacial score (nSPS) is 25.5. The first-order valence-electron chi connectivity index (χ1n) is 6.53. The van der Waals surface area contributed by atoms with E-state index in [0.717, 1.165) is 6.54 Å². The van der Waals surface area contributed by atoms with Gasteiger partial charge in [-0.2, -0.15) is 0 Å². The van der Waals surface area contributed by atoms with E-state index in [1.54, 1.807) is 0 Å². The minimum Gasteiger partial charge on any atom is -0.370 e. The average molecular weight is 224 g/mol. The minimum atomic E-state index is 0.240. The van der Waals surface area contributed by atoms with Gasteiger partial charge in [0.25, 0.3) is 0 Å². The first-order valence-corrected chi connectivity index (χ1v) is 6.53. The highest BCUT2D eigenvalue weighted by molar-refractivity contribution is 5.75. The van der Waals surface area contributed by atoms with Gasteiger partial charge in [0.2, 0.25) is 0 Å². The van der Waals surface area contributed by atoms with Gasteiger partial charge in [-0.3, -0.25) is 9.89 Å². The topological polar surface area (TPSA) is 67.6 Å². The van der Waals surface area contributed by atoms with Gasteiger partial charge >= 0.3 is 0 Å². The summed E-state index contributed by atoms with van der Waals surface area (Å²) in [5.74, 6) is 0.240. The van der Waals surface area contributed by atoms with E-state index in [0.29, 0.717) is 0 Å². The highest BCUT2D eigenvalue weighted by Gasteiger charge is 2.38. The molecule has 1 heterocycles. The molecule has 2 fully saturated rings. The van der Waals surface area contributed by atoms with Gasteiger partial charge in [0.05, 0.1) is 6.54 Å². The fraction of sp³-hybridized carbons (Fsp3) is 0.917. The molecule has 1 saturated heterocycles. The molecule has 0 amide bonds. The van der Waals surface area contributed by atoms with Crippen molar-refractivity contribution in [3.05, 3.63) is 0 Å². The number of hydrogen-bond donors (Lipinski definition) is 2. The summed E-state index contributed by atoms with van der Waals surface area (Å²) in [6.45, 7) is 3.27. The lowest BCUT2D eigenvalue weighted by molar-refractivity contribution is 0.0814. The minimum absolute atomic E-state index is 0.240. The molecule has 0 radical (unpaired) electrons. The molecule has 4 N–H and O–H groups in total. The van der Waals surface area contributed by atoms with Gasteiger partial charge in [-0.1, -0.05) is 19.3 Å². The fourth-order valence-electron chi connectivity index (χ4n) is 3.21. The van der Waals surface area contributed by atoms with Gasteiger partial charge in [0, 0.05) is 5.54 Å². The SMILES string of the molecule is NC(N)=NCC1(N2CCCC2)CCCCC1. The van der Waals surface area contributed by atoms with E-state index < -0.39 is 0 Å². The fourth-order valence-corrected chi connectivity index (χ4v) is 3.21. The van der Waals surface area contributed by atoms with Crippen molar-refractivity contribution in [3.63, 3.8) is 0 Å². The van der Waals surface area contributed by atoms with Gasteiger partial charge in [-0.15, -0.1) is 0 Å². The van der Waals surface area contributed by atoms with Crippen molar-refractivity contribution in [2.24, 2.45) is 16.5 Å². The molecule has 92 valence electrons. The highest BCUT2D eigenvalue weighted by Crippen LogP contribution is 2.36. The van der Waals surface area contributed by atoms with Crippen LogP contribution in [0.1, 0.15) is 44.9 Å². The number of hydrogen-bond acceptors (Lipinski definition) is 2. The van der Waals surface area contributed by atoms with Crippen LogP contribution < -0.4 is 11.5 Å². The third-order valence-corrected chi connectivity index (χ3v) is 4.12. The van der Waals surface area contributed by atoms with E-state index in [-0.39, 0.29) is 11.5 Å². The van der Waals surface area contributed by atoms with Crippen LogP contribution in [0.3, 0.4) is 0 Å². The Hall–Kier alpha value is -0.770. The van der Waals surface area contributed by atoms with Crippen molar-refractivity contribution in [1.29, 1.82) is 0 Å². The van der Waals surface area contributed by atoms with Crippen LogP contribution in [0.2, 0.25) is 0 Å². The van der Waals surface area contributed by atoms with Crippen LogP contribution in [-0.4, -0.2) is 36.0 Å². The molecule has 0 unspecified atom stereocenters. The highest BCUT2D eigenvalue weighted by atomic mass is 15.2. The molecule has 0 aromatic heterocycles. The van der Waals surface area contributed by atoms with Crippen molar-refractivity contribution in [1.82, 2.24) is 4.90 Å². The van der Waals surface area contributed by atoms with Crippen LogP contribution in [0, 0.1) is 0 Å². The second-order valence-corrected chi connectivity index (χ2v) is 5.22. The Labute approximate surface area is 98.1 Å². The van der Waals surface area contributed by atoms with Gasteiger partial charge < -0.3 is 11.5 Å². The lowest BCUT2D eigenvalue weighted by atomic mass is 9.80. The summed E-state index contributed by atoms with van der Waals surface area (Å²) < 4.78 is 0. The molecule has 0 aromatic carbocycles. The van der Waals surface area contributed by atoms with E-state index >= 15 is 0 Å². The predicted molar refractivity (Wildman–Crippen MR) is 67.3 cm³/mol. The molecule has 2 aliphatic rings. The first kappa shape index (κ1) is 11.7. The maximum absolute atomic E-state index is 5.48. The molecule has 0 aromatic rings. The van der Waals surface area contributed by atoms with E-state index in [2.05, 4.69) is 9.89 Å². The summed E-state index contributed by atoms with van der Waals surface area (Å²) in [5, 5.41) is 0. The zero-order valence-corrected chi connectivity index (χ0v) is 10.1. The van der Waals surface area contributed by atoms with Crippen LogP contribution in [0.25, 0.3) is 0 Å². The van der Waals surface area contributed by atoms with Crippen molar-refractivity contribution < 1.29 is 0 Å². The third-order valence-electron chi connectivity index (χ3n) is 4.12. The molecule has 1 aliphatic heterocycles. The van der Waals surface area contributed by atoms with Crippen LogP contribution >= 0.6 is 0 Å². The average Bonchev–Trinajstić information content (AvgIpc) is 2.82. The Balaban J connectivity index is 2.07. The molecular formula is C12H24N4. The van der Waals surface area contributed by atoms with Gasteiger partial charge in [0.15, 0.2) is 5.96 Å². The summed E-state index contributed by atoms with van der Waals surface area (Å²) in [7, 11) is 0. The summed E-state index contributed by atoms with van der Waals surface area (Å²) in [6.07, 6.45) is 9.24. The Morgan fingerprint density at radius 3 is 2.19 bits per heavy atom. The smallest absolute Gasteiger partial charge is 0.185 e. The lowest BCUT2D eigenvalue weighted by Gasteiger charge is -2.43. The van der Waals surface area contributed by atoms with E-state index in [1.165, 1.54) is 58.0 Å². The van der Waals surface area contributed by atoms with Crippen molar-refractivity contribution in [2.45, 2.75) is 50.5 Å². The zero-order valence-electron chi connectivity index (χ0n) is 10.1. The zero-order chi connectivity index (χ0) is 11.4. The van der Waals surface area contributed by atoms with Gasteiger partial charge in [-0.05, 0) is 38.8 Å². The van der Waals surface area contributed by atoms with Crippen molar-refractivity contribution in [3.8, 4) is 0 Å². The first-order chi connectivity index (χ1) is 7.73. The van der Waals surface area contributed by atoms with Crippen molar-refractivity contribution in [2.75, 3.05) is 19.6 Å². The number of guanidine groups is 1. The van der Waals surface area contributed by atoms with Crippen molar-refractivity contribution >= 4 is 5.96 Å². The molecule has 4 heteroatoms.